The number of piperazine rings is 1. The van der Waals surface area contributed by atoms with Gasteiger partial charge in [0.2, 0.25) is 11.8 Å². The SMILES string of the molecule is CCc1cc(Nc2ncc(-c3nnc(C)o3)c(Nc3ccccc3P(C)(C)=O)n2)c(OC)cc1N1CCC(N2CCNCC2)CC1. The molecule has 0 unspecified atom stereocenters. The van der Waals surface area contributed by atoms with E-state index in [4.69, 9.17) is 14.1 Å². The van der Waals surface area contributed by atoms with Crippen LogP contribution in [0.25, 0.3) is 11.5 Å². The highest BCUT2D eigenvalue weighted by Crippen LogP contribution is 2.40. The maximum atomic E-state index is 13.1. The van der Waals surface area contributed by atoms with Gasteiger partial charge in [0.25, 0.3) is 5.89 Å². The summed E-state index contributed by atoms with van der Waals surface area (Å²) in [6.07, 6.45) is 4.85. The fourth-order valence-corrected chi connectivity index (χ4v) is 7.53. The molecule has 6 rings (SSSR count). The predicted octanol–water partition coefficient (Wildman–Crippen LogP) is 5.02. The molecule has 2 aromatic heterocycles. The zero-order chi connectivity index (χ0) is 32.3. The number of piperidine rings is 1. The van der Waals surface area contributed by atoms with Crippen molar-refractivity contribution < 1.29 is 13.7 Å². The summed E-state index contributed by atoms with van der Waals surface area (Å²) in [4.78, 5) is 14.6. The number of hydrogen-bond donors (Lipinski definition) is 3. The molecule has 2 aromatic carbocycles. The lowest BCUT2D eigenvalue weighted by molar-refractivity contribution is 0.150. The summed E-state index contributed by atoms with van der Waals surface area (Å²) in [5.74, 6) is 2.24. The molecule has 0 atom stereocenters. The number of benzene rings is 2. The van der Waals surface area contributed by atoms with Gasteiger partial charge in [0, 0.05) is 75.5 Å². The lowest BCUT2D eigenvalue weighted by Gasteiger charge is -2.41. The third-order valence-corrected chi connectivity index (χ3v) is 10.3. The van der Waals surface area contributed by atoms with E-state index in [9.17, 15) is 4.57 Å². The summed E-state index contributed by atoms with van der Waals surface area (Å²) in [5.41, 5.74) is 4.45. The average Bonchev–Trinajstić information content (AvgIpc) is 3.50. The van der Waals surface area contributed by atoms with Crippen molar-refractivity contribution >= 4 is 41.3 Å². The minimum atomic E-state index is -2.59. The van der Waals surface area contributed by atoms with E-state index < -0.39 is 7.14 Å². The Bertz CT molecular complexity index is 1710. The lowest BCUT2D eigenvalue weighted by atomic mass is 9.99. The zero-order valence-corrected chi connectivity index (χ0v) is 28.2. The van der Waals surface area contributed by atoms with Crippen molar-refractivity contribution in [2.45, 2.75) is 39.2 Å². The maximum Gasteiger partial charge on any atom is 0.253 e. The number of methoxy groups -OCH3 is 1. The molecule has 2 fully saturated rings. The summed E-state index contributed by atoms with van der Waals surface area (Å²) < 4.78 is 24.7. The van der Waals surface area contributed by atoms with Gasteiger partial charge in [-0.05, 0) is 56.4 Å². The zero-order valence-electron chi connectivity index (χ0n) is 27.3. The Morgan fingerprint density at radius 2 is 1.80 bits per heavy atom. The van der Waals surface area contributed by atoms with E-state index in [2.05, 4.69) is 60.0 Å². The summed E-state index contributed by atoms with van der Waals surface area (Å²) >= 11 is 0. The number of rotatable bonds is 10. The van der Waals surface area contributed by atoms with Crippen molar-refractivity contribution in [3.63, 3.8) is 0 Å². The van der Waals surface area contributed by atoms with Gasteiger partial charge in [0.1, 0.15) is 24.3 Å². The topological polar surface area (TPSA) is 134 Å². The minimum Gasteiger partial charge on any atom is -0.494 e. The van der Waals surface area contributed by atoms with Crippen LogP contribution in [-0.2, 0) is 11.0 Å². The van der Waals surface area contributed by atoms with Crippen LogP contribution in [0.1, 0.15) is 31.2 Å². The van der Waals surface area contributed by atoms with E-state index in [1.807, 2.05) is 24.3 Å². The first-order valence-corrected chi connectivity index (χ1v) is 18.6. The molecule has 2 aliphatic heterocycles. The van der Waals surface area contributed by atoms with E-state index in [-0.39, 0.29) is 5.89 Å². The van der Waals surface area contributed by atoms with Crippen LogP contribution in [0.15, 0.2) is 47.0 Å². The fourth-order valence-electron chi connectivity index (χ4n) is 6.37. The highest BCUT2D eigenvalue weighted by Gasteiger charge is 2.27. The minimum absolute atomic E-state index is 0.288. The molecule has 46 heavy (non-hydrogen) atoms. The van der Waals surface area contributed by atoms with Gasteiger partial charge in [-0.3, -0.25) is 4.90 Å². The van der Waals surface area contributed by atoms with Gasteiger partial charge >= 0.3 is 0 Å². The second-order valence-electron chi connectivity index (χ2n) is 12.2. The van der Waals surface area contributed by atoms with Crippen LogP contribution in [0.3, 0.4) is 0 Å². The number of anilines is 5. The smallest absolute Gasteiger partial charge is 0.253 e. The molecule has 0 spiro atoms. The van der Waals surface area contributed by atoms with Crippen LogP contribution in [0.5, 0.6) is 5.75 Å². The van der Waals surface area contributed by atoms with Crippen molar-refractivity contribution in [3.05, 3.63) is 54.0 Å². The van der Waals surface area contributed by atoms with E-state index in [1.54, 1.807) is 33.6 Å². The number of nitrogens with zero attached hydrogens (tertiary/aromatic N) is 6. The molecule has 244 valence electrons. The van der Waals surface area contributed by atoms with Crippen LogP contribution in [0.2, 0.25) is 0 Å². The molecule has 3 N–H and O–H groups in total. The van der Waals surface area contributed by atoms with Gasteiger partial charge in [-0.2, -0.15) is 4.98 Å². The average molecular weight is 646 g/mol. The van der Waals surface area contributed by atoms with Crippen LogP contribution in [-0.4, -0.2) is 90.8 Å². The first kappa shape index (κ1) is 32.0. The van der Waals surface area contributed by atoms with E-state index >= 15 is 0 Å². The van der Waals surface area contributed by atoms with E-state index in [1.165, 1.54) is 11.3 Å². The summed E-state index contributed by atoms with van der Waals surface area (Å²) in [7, 11) is -0.901. The van der Waals surface area contributed by atoms with Gasteiger partial charge in [-0.25, -0.2) is 4.98 Å². The fraction of sp³-hybridized carbons (Fsp3) is 0.455. The Kier molecular flexibility index (Phi) is 9.58. The summed E-state index contributed by atoms with van der Waals surface area (Å²) in [6, 6.07) is 12.5. The Hall–Kier alpha value is -3.99. The van der Waals surface area contributed by atoms with Crippen LogP contribution < -0.4 is 30.9 Å². The van der Waals surface area contributed by atoms with Crippen molar-refractivity contribution in [1.82, 2.24) is 30.4 Å². The van der Waals surface area contributed by atoms with Crippen LogP contribution in [0, 0.1) is 6.92 Å². The van der Waals surface area contributed by atoms with Gasteiger partial charge in [0.15, 0.2) is 0 Å². The molecule has 0 saturated carbocycles. The highest BCUT2D eigenvalue weighted by atomic mass is 31.2. The maximum absolute atomic E-state index is 13.1. The lowest BCUT2D eigenvalue weighted by Crippen LogP contribution is -2.52. The summed E-state index contributed by atoms with van der Waals surface area (Å²) in [5, 5.41) is 19.1. The van der Waals surface area contributed by atoms with Crippen molar-refractivity contribution in [2.75, 3.05) is 75.2 Å². The van der Waals surface area contributed by atoms with Gasteiger partial charge in [-0.15, -0.1) is 10.2 Å². The molecular weight excluding hydrogens is 601 g/mol. The number of aryl methyl sites for hydroxylation is 2. The third-order valence-electron chi connectivity index (χ3n) is 8.78. The van der Waals surface area contributed by atoms with E-state index in [0.717, 1.165) is 75.3 Å². The number of nitrogens with one attached hydrogen (secondary N) is 3. The molecule has 12 nitrogen and oxygen atoms in total. The Morgan fingerprint density at radius 3 is 2.48 bits per heavy atom. The van der Waals surface area contributed by atoms with Crippen LogP contribution in [0.4, 0.5) is 28.8 Å². The Labute approximate surface area is 270 Å². The Balaban J connectivity index is 1.28. The second kappa shape index (κ2) is 13.8. The predicted molar refractivity (Wildman–Crippen MR) is 184 cm³/mol. The molecule has 2 saturated heterocycles. The number of ether oxygens (including phenoxy) is 1. The number of aromatic nitrogens is 4. The largest absolute Gasteiger partial charge is 0.494 e. The van der Waals surface area contributed by atoms with Gasteiger partial charge in [0.05, 0.1) is 18.5 Å². The van der Waals surface area contributed by atoms with Crippen LogP contribution >= 0.6 is 7.14 Å². The number of para-hydroxylation sites is 1. The quantitative estimate of drug-likeness (QED) is 0.200. The van der Waals surface area contributed by atoms with E-state index in [0.29, 0.717) is 34.9 Å². The summed E-state index contributed by atoms with van der Waals surface area (Å²) in [6.45, 7) is 13.9. The molecule has 0 radical (unpaired) electrons. The monoisotopic (exact) mass is 645 g/mol. The van der Waals surface area contributed by atoms with Gasteiger partial charge in [-0.1, -0.05) is 19.1 Å². The van der Waals surface area contributed by atoms with Crippen molar-refractivity contribution in [1.29, 1.82) is 0 Å². The molecule has 0 amide bonds. The first-order chi connectivity index (χ1) is 22.2. The standard InChI is InChI=1S/C33H44N9O3P/c1-6-23-19-27(29(44-3)20-28(23)42-15-11-24(12-16-42)41-17-13-34-14-18-41)37-33-35-21-25(32-40-39-22(2)45-32)31(38-33)36-26-9-7-8-10-30(26)46(4,5)43/h7-10,19-21,24,34H,6,11-18H2,1-5H3,(H2,35,36,37,38). The molecule has 4 heterocycles. The molecular formula is C33H44N9O3P. The molecule has 2 aliphatic rings. The Morgan fingerprint density at radius 1 is 1.04 bits per heavy atom. The highest BCUT2D eigenvalue weighted by molar-refractivity contribution is 7.70. The van der Waals surface area contributed by atoms with Gasteiger partial charge < -0.3 is 34.6 Å². The second-order valence-corrected chi connectivity index (χ2v) is 15.4. The van der Waals surface area contributed by atoms with Crippen molar-refractivity contribution in [2.24, 2.45) is 0 Å². The molecule has 0 aliphatic carbocycles. The normalized spacial score (nSPS) is 16.4. The van der Waals surface area contributed by atoms with Crippen molar-refractivity contribution in [3.8, 4) is 17.2 Å². The molecule has 0 bridgehead atoms. The molecule has 13 heteroatoms. The first-order valence-electron chi connectivity index (χ1n) is 16.0. The third kappa shape index (κ3) is 7.04. The molecule has 4 aromatic rings. The number of hydrogen-bond acceptors (Lipinski definition) is 12.